The number of halogens is 5. The second-order valence-corrected chi connectivity index (χ2v) is 0.495. The van der Waals surface area contributed by atoms with Gasteiger partial charge in [0.15, 0.2) is 0 Å². The van der Waals surface area contributed by atoms with E-state index in [0.29, 0.717) is 0 Å². The van der Waals surface area contributed by atoms with Crippen LogP contribution in [0.3, 0.4) is 0 Å². The second-order valence-electron chi connectivity index (χ2n) is 0.495. The molecule has 0 bridgehead atoms. The fourth-order valence-corrected chi connectivity index (χ4v) is 0. The van der Waals surface area contributed by atoms with Gasteiger partial charge in [-0.15, -0.1) is 0 Å². The molecule has 0 saturated carbocycles. The van der Waals surface area contributed by atoms with Crippen LogP contribution in [-0.2, 0) is 0 Å². The van der Waals surface area contributed by atoms with E-state index < -0.39 is 7.25 Å². The Labute approximate surface area is 177 Å². The Kier molecular flexibility index (Phi) is 49.0. The van der Waals surface area contributed by atoms with Gasteiger partial charge in [-0.2, -0.15) is 0 Å². The molecule has 0 rings (SSSR count). The first-order valence-electron chi connectivity index (χ1n) is 0.873. The van der Waals surface area contributed by atoms with Crippen molar-refractivity contribution < 1.29 is 125 Å². The molecule has 0 N–H and O–H groups in total. The molecule has 0 amide bonds. The summed E-state index contributed by atoms with van der Waals surface area (Å²) in [7, 11) is -6.00. The molecule has 0 nitrogen and oxygen atoms in total. The first kappa shape index (κ1) is 29.2. The van der Waals surface area contributed by atoms with Crippen LogP contribution in [0.1, 0.15) is 0 Å². The minimum atomic E-state index is -6.00. The third-order valence-corrected chi connectivity index (χ3v) is 0. The van der Waals surface area contributed by atoms with Crippen molar-refractivity contribution in [3.63, 3.8) is 0 Å². The summed E-state index contributed by atoms with van der Waals surface area (Å²) in [6.45, 7) is 0. The zero-order valence-electron chi connectivity index (χ0n) is 4.47. The molecule has 0 aliphatic rings. The van der Waals surface area contributed by atoms with Crippen LogP contribution in [0.4, 0.5) is 17.3 Å². The Bertz CT molecular complexity index is 27.7. The Balaban J connectivity index is -0.0000000133. The van der Waals surface area contributed by atoms with Crippen LogP contribution in [0.2, 0.25) is 0 Å². The number of rotatable bonds is 0. The molecule has 42 valence electrons. The topological polar surface area (TPSA) is 0 Å². The third-order valence-electron chi connectivity index (χ3n) is 0. The van der Waals surface area contributed by atoms with Gasteiger partial charge in [-0.25, -0.2) is 0 Å². The van der Waals surface area contributed by atoms with E-state index in [1.807, 2.05) is 0 Å². The van der Waals surface area contributed by atoms with Crippen molar-refractivity contribution in [2.45, 2.75) is 0 Å². The van der Waals surface area contributed by atoms with E-state index in [9.17, 15) is 17.3 Å². The van der Waals surface area contributed by atoms with Gasteiger partial charge >= 0.3 is 161 Å². The molecule has 0 saturated heterocycles. The molecule has 0 aromatic carbocycles. The van der Waals surface area contributed by atoms with Gasteiger partial charge in [0, 0.05) is 0 Å². The Morgan fingerprint density at radius 1 is 0.778 bits per heavy atom. The quantitative estimate of drug-likeness (QED) is 0.283. The number of hydrogen-bond acceptors (Lipinski definition) is 0. The molecule has 9 heteroatoms. The van der Waals surface area contributed by atoms with Crippen LogP contribution < -0.4 is 107 Å². The molecule has 0 radical (unpaired) electrons. The molecule has 0 fully saturated rings. The van der Waals surface area contributed by atoms with Crippen LogP contribution in [0.5, 0.6) is 0 Å². The Hall–Kier alpha value is 4.62. The van der Waals surface area contributed by atoms with Gasteiger partial charge in [0.2, 0.25) is 0 Å². The minimum absolute atomic E-state index is 0. The maximum atomic E-state index is 9.75. The summed E-state index contributed by atoms with van der Waals surface area (Å²) in [5.41, 5.74) is 0. The van der Waals surface area contributed by atoms with E-state index in [0.717, 1.165) is 0 Å². The molecular formula is HBF5K3. The van der Waals surface area contributed by atoms with Gasteiger partial charge in [-0.05, 0) is 0 Å². The monoisotopic (exact) mass is 224 g/mol. The van der Waals surface area contributed by atoms with Gasteiger partial charge in [0.25, 0.3) is 0 Å². The zero-order chi connectivity index (χ0) is 4.50. The van der Waals surface area contributed by atoms with Crippen molar-refractivity contribution in [1.82, 2.24) is 0 Å². The van der Waals surface area contributed by atoms with Gasteiger partial charge in [0.05, 0.1) is 0 Å². The average molecular weight is 224 g/mol. The van der Waals surface area contributed by atoms with Crippen molar-refractivity contribution >= 4 is 58.6 Å². The molecule has 0 aliphatic carbocycles. The van der Waals surface area contributed by atoms with Crippen LogP contribution in [0.25, 0.3) is 0 Å². The van der Waals surface area contributed by atoms with Crippen molar-refractivity contribution in [3.8, 4) is 0 Å². The summed E-state index contributed by atoms with van der Waals surface area (Å²) in [5.74, 6) is 0. The summed E-state index contributed by atoms with van der Waals surface area (Å²) >= 11 is 0. The van der Waals surface area contributed by atoms with Gasteiger partial charge in [0.1, 0.15) is 0 Å². The predicted octanol–water partition coefficient (Wildman–Crippen LogP) is -8.34. The predicted molar refractivity (Wildman–Crippen MR) is 17.3 cm³/mol. The van der Waals surface area contributed by atoms with Gasteiger partial charge in [-0.1, -0.05) is 0 Å². The molecule has 0 aromatic rings. The second kappa shape index (κ2) is 15.1. The molecular weight excluding hydrogens is 223 g/mol. The molecule has 0 atom stereocenters. The Morgan fingerprint density at radius 2 is 0.778 bits per heavy atom. The molecule has 0 aliphatic heterocycles. The summed E-state index contributed by atoms with van der Waals surface area (Å²) in [6, 6.07) is 0. The first-order valence-corrected chi connectivity index (χ1v) is 0.873. The fourth-order valence-electron chi connectivity index (χ4n) is 0. The maximum absolute atomic E-state index is 9.75. The summed E-state index contributed by atoms with van der Waals surface area (Å²) in [5, 5.41) is 0. The van der Waals surface area contributed by atoms with E-state index >= 15 is 0 Å². The van der Waals surface area contributed by atoms with Crippen molar-refractivity contribution in [1.29, 1.82) is 0 Å². The third kappa shape index (κ3) is 66.6. The van der Waals surface area contributed by atoms with E-state index in [-0.39, 0.29) is 159 Å². The van der Waals surface area contributed by atoms with Crippen LogP contribution >= 0.6 is 0 Å². The summed E-state index contributed by atoms with van der Waals surface area (Å²) in [6.07, 6.45) is 0. The van der Waals surface area contributed by atoms with Crippen LogP contribution in [-0.4, -0.2) is 58.6 Å². The van der Waals surface area contributed by atoms with Crippen LogP contribution in [0.15, 0.2) is 0 Å². The van der Waals surface area contributed by atoms with Crippen molar-refractivity contribution in [2.75, 3.05) is 0 Å². The van der Waals surface area contributed by atoms with Crippen molar-refractivity contribution in [2.24, 2.45) is 0 Å². The number of hydrogen-bond donors (Lipinski definition) is 0. The molecule has 0 heterocycles. The average Bonchev–Trinajstić information content (AvgIpc) is 0.722. The normalized spacial score (nSPS) is 6.67. The van der Waals surface area contributed by atoms with E-state index in [1.165, 1.54) is 0 Å². The fraction of sp³-hybridized carbons (Fsp3) is 0. The van der Waals surface area contributed by atoms with E-state index in [4.69, 9.17) is 0 Å². The summed E-state index contributed by atoms with van der Waals surface area (Å²) in [4.78, 5) is 0. The van der Waals surface area contributed by atoms with Crippen molar-refractivity contribution in [3.05, 3.63) is 0 Å². The zero-order valence-corrected chi connectivity index (χ0v) is 10.7. The van der Waals surface area contributed by atoms with E-state index in [1.54, 1.807) is 0 Å². The standard InChI is InChI=1S/BF4.FH.3K.H/c2-1(3,4)5;;;;;/h;1H;;;;/q-1;;;2*+1;/p-1. The van der Waals surface area contributed by atoms with Gasteiger partial charge < -0.3 is 22.0 Å². The SMILES string of the molecule is F[B-](F)(F)F.[F-].[K+].[K+].[KH]. The first-order chi connectivity index (χ1) is 2.00. The summed E-state index contributed by atoms with van der Waals surface area (Å²) < 4.78 is 39.0. The molecule has 0 unspecified atom stereocenters. The van der Waals surface area contributed by atoms with Crippen LogP contribution in [0, 0.1) is 0 Å². The Morgan fingerprint density at radius 3 is 0.778 bits per heavy atom. The molecule has 0 spiro atoms. The molecule has 9 heavy (non-hydrogen) atoms. The molecule has 0 aromatic heterocycles. The van der Waals surface area contributed by atoms with E-state index in [2.05, 4.69) is 0 Å². The van der Waals surface area contributed by atoms with Gasteiger partial charge in [-0.3, -0.25) is 0 Å².